The van der Waals surface area contributed by atoms with Crippen LogP contribution in [-0.2, 0) is 0 Å². The molecular weight excluding hydrogens is 242 g/mol. The van der Waals surface area contributed by atoms with Gasteiger partial charge in [-0.2, -0.15) is 0 Å². The fourth-order valence-corrected chi connectivity index (χ4v) is 0. The van der Waals surface area contributed by atoms with Crippen LogP contribution in [0.3, 0.4) is 0 Å². The molecule has 0 bridgehead atoms. The van der Waals surface area contributed by atoms with E-state index in [1.807, 2.05) is 0 Å². The van der Waals surface area contributed by atoms with Gasteiger partial charge in [0.25, 0.3) is 0 Å². The van der Waals surface area contributed by atoms with Crippen molar-refractivity contribution >= 4 is 42.1 Å². The number of rotatable bonds is 0. The van der Waals surface area contributed by atoms with Crippen LogP contribution in [0.25, 0.3) is 0 Å². The molecule has 0 aromatic rings. The van der Waals surface area contributed by atoms with E-state index in [0.29, 0.717) is 0 Å². The topological polar surface area (TPSA) is 26.0 Å². The number of hydrogen-bond acceptors (Lipinski definition) is 1. The summed E-state index contributed by atoms with van der Waals surface area (Å²) in [6, 6.07) is 0. The third-order valence-electron chi connectivity index (χ3n) is 0. The van der Waals surface area contributed by atoms with E-state index in [0.717, 1.165) is 0 Å². The molecule has 0 aliphatic heterocycles. The summed E-state index contributed by atoms with van der Waals surface area (Å²) in [5.74, 6) is 0. The molecule has 5 heteroatoms. The predicted molar refractivity (Wildman–Crippen MR) is 28.9 cm³/mol. The summed E-state index contributed by atoms with van der Waals surface area (Å²) in [4.78, 5) is 0. The van der Waals surface area contributed by atoms with Crippen LogP contribution >= 0.6 is 26.5 Å². The van der Waals surface area contributed by atoms with Crippen LogP contribution in [0.2, 0.25) is 0 Å². The Morgan fingerprint density at radius 1 is 1.20 bits per heavy atom. The molecule has 34 valence electrons. The van der Waals surface area contributed by atoms with Gasteiger partial charge in [0.2, 0.25) is 0 Å². The standard InChI is InChI=1S/3ClH.H2N.Sb.H/h3*1H;1H2;;/q;;;-1;+4;/p-3. The van der Waals surface area contributed by atoms with Crippen molar-refractivity contribution in [3.63, 3.8) is 0 Å². The van der Waals surface area contributed by atoms with E-state index >= 15 is 0 Å². The fraction of sp³-hybridized carbons (Fsp3) is 0. The second kappa shape index (κ2) is 2.09. The number of halogens is 3. The van der Waals surface area contributed by atoms with Crippen LogP contribution in [0.5, 0.6) is 0 Å². The monoisotopic (exact) mass is 243 g/mol. The molecule has 0 aromatic heterocycles. The molecule has 0 radical (unpaired) electrons. The van der Waals surface area contributed by atoms with Crippen LogP contribution in [-0.4, -0.2) is 15.7 Å². The Balaban J connectivity index is 3.02. The summed E-state index contributed by atoms with van der Waals surface area (Å²) >= 11 is -3.26. The fourth-order valence-electron chi connectivity index (χ4n) is 0. The van der Waals surface area contributed by atoms with E-state index in [4.69, 9.17) is 30.4 Å². The molecule has 0 spiro atoms. The molecule has 0 aromatic carbocycles. The zero-order chi connectivity index (χ0) is 4.50. The zero-order valence-corrected chi connectivity index (χ0v) is 7.33. The van der Waals surface area contributed by atoms with Gasteiger partial charge in [-0.1, -0.05) is 0 Å². The molecule has 0 aliphatic carbocycles. The molecule has 0 saturated heterocycles. The molecule has 0 atom stereocenters. The Hall–Kier alpha value is 1.65. The molecule has 0 saturated carbocycles. The Bertz CT molecular complexity index is 22.4. The minimum absolute atomic E-state index is 3.26. The van der Waals surface area contributed by atoms with Gasteiger partial charge < -0.3 is 0 Å². The van der Waals surface area contributed by atoms with Gasteiger partial charge in [0.15, 0.2) is 0 Å². The van der Waals surface area contributed by atoms with Gasteiger partial charge in [-0.3, -0.25) is 0 Å². The molecule has 5 heavy (non-hydrogen) atoms. The quantitative estimate of drug-likeness (QED) is 0.628. The first-order valence-electron chi connectivity index (χ1n) is 0.856. The van der Waals surface area contributed by atoms with Gasteiger partial charge in [0, 0.05) is 0 Å². The Labute approximate surface area is 45.8 Å². The summed E-state index contributed by atoms with van der Waals surface area (Å²) in [6.07, 6.45) is 0. The van der Waals surface area contributed by atoms with E-state index in [-0.39, 0.29) is 0 Å². The molecule has 0 heterocycles. The molecule has 0 unspecified atom stereocenters. The van der Waals surface area contributed by atoms with Gasteiger partial charge in [-0.15, -0.1) is 0 Å². The van der Waals surface area contributed by atoms with Crippen LogP contribution in [0.4, 0.5) is 0 Å². The summed E-state index contributed by atoms with van der Waals surface area (Å²) < 4.78 is 4.86. The van der Waals surface area contributed by atoms with E-state index in [9.17, 15) is 0 Å². The average Bonchev–Trinajstić information content (AvgIpc) is 0.722. The molecule has 0 rings (SSSR count). The van der Waals surface area contributed by atoms with Crippen molar-refractivity contribution in [3.05, 3.63) is 0 Å². The van der Waals surface area contributed by atoms with Crippen LogP contribution < -0.4 is 3.89 Å². The maximum atomic E-state index is 5.05. The second-order valence-electron chi connectivity index (χ2n) is 0.542. The summed E-state index contributed by atoms with van der Waals surface area (Å²) in [6.45, 7) is 0. The van der Waals surface area contributed by atoms with Crippen molar-refractivity contribution in [3.8, 4) is 0 Å². The van der Waals surface area contributed by atoms with Crippen molar-refractivity contribution in [2.45, 2.75) is 0 Å². The van der Waals surface area contributed by atoms with E-state index in [1.165, 1.54) is 0 Å². The van der Waals surface area contributed by atoms with Gasteiger partial charge in [0.05, 0.1) is 0 Å². The van der Waals surface area contributed by atoms with Gasteiger partial charge in [-0.25, -0.2) is 0 Å². The summed E-state index contributed by atoms with van der Waals surface area (Å²) in [5.41, 5.74) is 0. The molecule has 0 fully saturated rings. The van der Waals surface area contributed by atoms with Gasteiger partial charge in [-0.05, 0) is 0 Å². The molecule has 0 aliphatic rings. The van der Waals surface area contributed by atoms with Crippen molar-refractivity contribution in [2.75, 3.05) is 0 Å². The van der Waals surface area contributed by atoms with Crippen molar-refractivity contribution < 1.29 is 0 Å². The zero-order valence-electron chi connectivity index (χ0n) is 2.21. The SMILES string of the molecule is [NH2][SbH]([Cl])([Cl])[Cl]. The maximum absolute atomic E-state index is 5.05. The molecule has 2 N–H and O–H groups in total. The van der Waals surface area contributed by atoms with Crippen LogP contribution in [0.1, 0.15) is 0 Å². The van der Waals surface area contributed by atoms with E-state index in [2.05, 4.69) is 0 Å². The Morgan fingerprint density at radius 2 is 1.20 bits per heavy atom. The molecule has 1 nitrogen and oxygen atoms in total. The van der Waals surface area contributed by atoms with Gasteiger partial charge in [0.1, 0.15) is 0 Å². The van der Waals surface area contributed by atoms with E-state index < -0.39 is 15.7 Å². The summed E-state index contributed by atoms with van der Waals surface area (Å²) in [5, 5.41) is 0. The van der Waals surface area contributed by atoms with Gasteiger partial charge >= 0.3 is 46.0 Å². The molecular formula is H3Cl3NSb. The third kappa shape index (κ3) is 27.7. The average molecular weight is 245 g/mol. The predicted octanol–water partition coefficient (Wildman–Crippen LogP) is 0.829. The van der Waals surface area contributed by atoms with Crippen molar-refractivity contribution in [1.29, 1.82) is 0 Å². The second-order valence-corrected chi connectivity index (χ2v) is 19.5. The first-order valence-corrected chi connectivity index (χ1v) is 13.3. The van der Waals surface area contributed by atoms with Crippen molar-refractivity contribution in [1.82, 2.24) is 0 Å². The minimum atomic E-state index is -3.26. The Morgan fingerprint density at radius 3 is 1.20 bits per heavy atom. The normalized spacial score (nSPS) is 15.2. The Kier molecular flexibility index (Phi) is 2.77. The van der Waals surface area contributed by atoms with Crippen molar-refractivity contribution in [2.24, 2.45) is 3.89 Å². The third-order valence-corrected chi connectivity index (χ3v) is 0. The number of hydrogen-bond donors (Lipinski definition) is 1. The van der Waals surface area contributed by atoms with Crippen LogP contribution in [0, 0.1) is 0 Å². The first-order chi connectivity index (χ1) is 2.00. The van der Waals surface area contributed by atoms with E-state index in [1.54, 1.807) is 0 Å². The number of nitrogens with two attached hydrogens (primary N) is 1. The molecule has 0 amide bonds. The first kappa shape index (κ1) is 6.65. The van der Waals surface area contributed by atoms with Crippen LogP contribution in [0.15, 0.2) is 0 Å². The summed E-state index contributed by atoms with van der Waals surface area (Å²) in [7, 11) is 15.1.